The summed E-state index contributed by atoms with van der Waals surface area (Å²) in [5.74, 6) is 4.66. The number of nitrogens with zero attached hydrogens (tertiary/aromatic N) is 1. The van der Waals surface area contributed by atoms with Crippen LogP contribution >= 0.6 is 0 Å². The number of carbonyl (C=O) groups excluding carboxylic acids is 2. The van der Waals surface area contributed by atoms with Crippen LogP contribution in [0.3, 0.4) is 0 Å². The fraction of sp³-hybridized carbons (Fsp3) is 0.846. The molecule has 0 spiro atoms. The molecule has 0 saturated heterocycles. The summed E-state index contributed by atoms with van der Waals surface area (Å²) in [6.07, 6.45) is 6.65. The third kappa shape index (κ3) is 7.27. The number of rotatable bonds is 9. The van der Waals surface area contributed by atoms with Crippen molar-refractivity contribution in [3.8, 4) is 0 Å². The summed E-state index contributed by atoms with van der Waals surface area (Å²) in [6, 6.07) is 0. The molecule has 0 fully saturated rings. The number of unbranched alkanes of at least 4 members (excludes halogenated alkanes) is 5. The van der Waals surface area contributed by atoms with Crippen molar-refractivity contribution in [3.63, 3.8) is 0 Å². The summed E-state index contributed by atoms with van der Waals surface area (Å²) in [4.78, 5) is 28.5. The van der Waals surface area contributed by atoms with Crippen LogP contribution in [0.15, 0.2) is 0 Å². The van der Waals surface area contributed by atoms with Crippen LogP contribution in [-0.4, -0.2) is 23.4 Å². The van der Waals surface area contributed by atoms with Crippen molar-refractivity contribution in [1.29, 1.82) is 0 Å². The van der Waals surface area contributed by atoms with Crippen LogP contribution < -0.4 is 5.90 Å². The number of carbonyl (C=O) groups is 2. The fourth-order valence-electron chi connectivity index (χ4n) is 1.72. The van der Waals surface area contributed by atoms with E-state index in [4.69, 9.17) is 5.90 Å². The van der Waals surface area contributed by atoms with Gasteiger partial charge >= 0.3 is 6.09 Å². The molecule has 0 aliphatic heterocycles. The van der Waals surface area contributed by atoms with Gasteiger partial charge in [-0.05, 0) is 12.8 Å². The molecule has 18 heavy (non-hydrogen) atoms. The van der Waals surface area contributed by atoms with E-state index < -0.39 is 6.09 Å². The molecule has 0 rings (SSSR count). The standard InChI is InChI=1S/C13H26N2O3/c1-3-5-7-8-9-11-15(13(17)18-14)12(16)10-6-4-2/h3-11,14H2,1-2H3. The molecule has 0 aromatic rings. The van der Waals surface area contributed by atoms with Gasteiger partial charge in [-0.25, -0.2) is 9.69 Å². The van der Waals surface area contributed by atoms with Crippen LogP contribution in [0.1, 0.15) is 65.2 Å². The Morgan fingerprint density at radius 3 is 2.17 bits per heavy atom. The quantitative estimate of drug-likeness (QED) is 0.509. The van der Waals surface area contributed by atoms with E-state index in [1.807, 2.05) is 6.92 Å². The lowest BCUT2D eigenvalue weighted by molar-refractivity contribution is -0.129. The lowest BCUT2D eigenvalue weighted by Crippen LogP contribution is -2.39. The second-order valence-electron chi connectivity index (χ2n) is 4.45. The van der Waals surface area contributed by atoms with Gasteiger partial charge in [0.05, 0.1) is 0 Å². The zero-order valence-corrected chi connectivity index (χ0v) is 11.6. The minimum atomic E-state index is -0.744. The van der Waals surface area contributed by atoms with E-state index in [0.717, 1.165) is 37.0 Å². The predicted molar refractivity (Wildman–Crippen MR) is 70.7 cm³/mol. The van der Waals surface area contributed by atoms with Crippen LogP contribution in [0.25, 0.3) is 0 Å². The Balaban J connectivity index is 4.07. The highest BCUT2D eigenvalue weighted by Crippen LogP contribution is 2.07. The molecule has 0 unspecified atom stereocenters. The Hall–Kier alpha value is -1.10. The van der Waals surface area contributed by atoms with Gasteiger partial charge in [0.2, 0.25) is 5.91 Å². The van der Waals surface area contributed by atoms with E-state index in [0.29, 0.717) is 13.0 Å². The largest absolute Gasteiger partial charge is 0.435 e. The summed E-state index contributed by atoms with van der Waals surface area (Å²) in [6.45, 7) is 4.55. The molecule has 0 aliphatic rings. The Morgan fingerprint density at radius 1 is 1.00 bits per heavy atom. The number of amides is 2. The Labute approximate surface area is 110 Å². The first-order valence-electron chi connectivity index (χ1n) is 6.88. The summed E-state index contributed by atoms with van der Waals surface area (Å²) < 4.78 is 0. The summed E-state index contributed by atoms with van der Waals surface area (Å²) in [5, 5.41) is 0. The number of imide groups is 1. The molecule has 2 N–H and O–H groups in total. The monoisotopic (exact) mass is 258 g/mol. The summed E-state index contributed by atoms with van der Waals surface area (Å²) in [7, 11) is 0. The predicted octanol–water partition coefficient (Wildman–Crippen LogP) is 2.99. The summed E-state index contributed by atoms with van der Waals surface area (Å²) in [5.41, 5.74) is 0. The molecule has 0 radical (unpaired) electrons. The van der Waals surface area contributed by atoms with E-state index in [9.17, 15) is 9.59 Å². The molecule has 0 atom stereocenters. The Morgan fingerprint density at radius 2 is 1.61 bits per heavy atom. The van der Waals surface area contributed by atoms with Gasteiger partial charge < -0.3 is 4.84 Å². The van der Waals surface area contributed by atoms with Gasteiger partial charge in [-0.1, -0.05) is 46.0 Å². The highest BCUT2D eigenvalue weighted by Gasteiger charge is 2.21. The van der Waals surface area contributed by atoms with E-state index in [-0.39, 0.29) is 5.91 Å². The lowest BCUT2D eigenvalue weighted by Gasteiger charge is -2.18. The average Bonchev–Trinajstić information content (AvgIpc) is 2.39. The van der Waals surface area contributed by atoms with Crippen LogP contribution in [-0.2, 0) is 9.63 Å². The van der Waals surface area contributed by atoms with Crippen molar-refractivity contribution in [1.82, 2.24) is 4.90 Å². The van der Waals surface area contributed by atoms with Gasteiger partial charge in [0.25, 0.3) is 0 Å². The zero-order chi connectivity index (χ0) is 13.8. The number of hydrogen-bond acceptors (Lipinski definition) is 4. The topological polar surface area (TPSA) is 72.6 Å². The maximum atomic E-state index is 11.8. The Bertz CT molecular complexity index is 244. The van der Waals surface area contributed by atoms with E-state index in [2.05, 4.69) is 11.8 Å². The third-order valence-corrected chi connectivity index (χ3v) is 2.85. The van der Waals surface area contributed by atoms with Crippen molar-refractivity contribution in [2.24, 2.45) is 5.90 Å². The van der Waals surface area contributed by atoms with Gasteiger partial charge in [-0.15, -0.1) is 0 Å². The molecular weight excluding hydrogens is 232 g/mol. The molecule has 0 aromatic heterocycles. The second kappa shape index (κ2) is 11.0. The molecule has 0 aliphatic carbocycles. The van der Waals surface area contributed by atoms with Crippen LogP contribution in [0.2, 0.25) is 0 Å². The van der Waals surface area contributed by atoms with E-state index >= 15 is 0 Å². The number of hydrogen-bond donors (Lipinski definition) is 1. The SMILES string of the molecule is CCCCCCCN(C(=O)CCCC)C(=O)ON. The highest BCUT2D eigenvalue weighted by molar-refractivity contribution is 5.91. The minimum Gasteiger partial charge on any atom is -0.356 e. The maximum absolute atomic E-state index is 11.8. The molecule has 0 saturated carbocycles. The minimum absolute atomic E-state index is 0.192. The highest BCUT2D eigenvalue weighted by atomic mass is 16.7. The zero-order valence-electron chi connectivity index (χ0n) is 11.6. The van der Waals surface area contributed by atoms with Crippen LogP contribution in [0, 0.1) is 0 Å². The average molecular weight is 258 g/mol. The Kier molecular flexibility index (Phi) is 10.3. The van der Waals surface area contributed by atoms with Gasteiger partial charge in [-0.2, -0.15) is 5.90 Å². The van der Waals surface area contributed by atoms with E-state index in [1.54, 1.807) is 0 Å². The molecular formula is C13H26N2O3. The molecule has 2 amide bonds. The summed E-state index contributed by atoms with van der Waals surface area (Å²) >= 11 is 0. The van der Waals surface area contributed by atoms with Crippen molar-refractivity contribution in [2.75, 3.05) is 6.54 Å². The van der Waals surface area contributed by atoms with Crippen LogP contribution in [0.5, 0.6) is 0 Å². The molecule has 5 nitrogen and oxygen atoms in total. The fourth-order valence-corrected chi connectivity index (χ4v) is 1.72. The molecule has 5 heteroatoms. The maximum Gasteiger partial charge on any atom is 0.435 e. The van der Waals surface area contributed by atoms with Crippen LogP contribution in [0.4, 0.5) is 4.79 Å². The van der Waals surface area contributed by atoms with Crippen molar-refractivity contribution < 1.29 is 14.4 Å². The lowest BCUT2D eigenvalue weighted by atomic mass is 10.1. The van der Waals surface area contributed by atoms with Gasteiger partial charge in [0.15, 0.2) is 0 Å². The first-order chi connectivity index (χ1) is 8.67. The number of nitrogens with two attached hydrogens (primary N) is 1. The molecule has 106 valence electrons. The molecule has 0 bridgehead atoms. The normalized spacial score (nSPS) is 10.2. The van der Waals surface area contributed by atoms with Gasteiger partial charge in [0, 0.05) is 13.0 Å². The van der Waals surface area contributed by atoms with Crippen molar-refractivity contribution in [2.45, 2.75) is 65.2 Å². The van der Waals surface area contributed by atoms with Gasteiger partial charge in [0.1, 0.15) is 0 Å². The van der Waals surface area contributed by atoms with Gasteiger partial charge in [-0.3, -0.25) is 4.79 Å². The molecule has 0 aromatic carbocycles. The molecule has 0 heterocycles. The third-order valence-electron chi connectivity index (χ3n) is 2.85. The van der Waals surface area contributed by atoms with E-state index in [1.165, 1.54) is 12.8 Å². The van der Waals surface area contributed by atoms with Crippen molar-refractivity contribution >= 4 is 12.0 Å². The first-order valence-corrected chi connectivity index (χ1v) is 6.88. The first kappa shape index (κ1) is 16.9. The smallest absolute Gasteiger partial charge is 0.356 e. The second-order valence-corrected chi connectivity index (χ2v) is 4.45. The van der Waals surface area contributed by atoms with Crippen molar-refractivity contribution in [3.05, 3.63) is 0 Å².